The van der Waals surface area contributed by atoms with Gasteiger partial charge in [-0.2, -0.15) is 0 Å². The summed E-state index contributed by atoms with van der Waals surface area (Å²) in [6, 6.07) is 0. The first kappa shape index (κ1) is 13.9. The fourth-order valence-electron chi connectivity index (χ4n) is 1.45. The molecule has 3 heteroatoms. The minimum absolute atomic E-state index is 0.163. The number of hydrogen-bond acceptors (Lipinski definition) is 3. The van der Waals surface area contributed by atoms with Crippen LogP contribution in [0, 0.1) is 0 Å². The maximum atomic E-state index is 8.75. The van der Waals surface area contributed by atoms with Crippen LogP contribution in [0.5, 0.6) is 0 Å². The van der Waals surface area contributed by atoms with Gasteiger partial charge in [0.25, 0.3) is 0 Å². The molecule has 14 heavy (non-hydrogen) atoms. The van der Waals surface area contributed by atoms with Crippen molar-refractivity contribution in [2.75, 3.05) is 19.8 Å². The molecule has 0 radical (unpaired) electrons. The topological polar surface area (TPSA) is 41.5 Å². The highest BCUT2D eigenvalue weighted by Gasteiger charge is 2.22. The SMILES string of the molecule is CCCCOC(C)(CCC)NCCO. The Bertz CT molecular complexity index is 130. The van der Waals surface area contributed by atoms with Gasteiger partial charge in [0.15, 0.2) is 0 Å². The zero-order valence-corrected chi connectivity index (χ0v) is 9.81. The molecule has 2 N–H and O–H groups in total. The van der Waals surface area contributed by atoms with Crippen molar-refractivity contribution in [1.29, 1.82) is 0 Å². The van der Waals surface area contributed by atoms with Gasteiger partial charge in [-0.3, -0.25) is 5.32 Å². The highest BCUT2D eigenvalue weighted by atomic mass is 16.5. The van der Waals surface area contributed by atoms with Crippen LogP contribution >= 0.6 is 0 Å². The van der Waals surface area contributed by atoms with E-state index in [4.69, 9.17) is 9.84 Å². The predicted molar refractivity (Wildman–Crippen MR) is 59.3 cm³/mol. The maximum Gasteiger partial charge on any atom is 0.116 e. The van der Waals surface area contributed by atoms with Crippen LogP contribution in [0.2, 0.25) is 0 Å². The van der Waals surface area contributed by atoms with Crippen molar-refractivity contribution < 1.29 is 9.84 Å². The highest BCUT2D eigenvalue weighted by molar-refractivity contribution is 4.71. The lowest BCUT2D eigenvalue weighted by Gasteiger charge is -2.30. The second-order valence-corrected chi connectivity index (χ2v) is 3.83. The minimum Gasteiger partial charge on any atom is -0.395 e. The summed E-state index contributed by atoms with van der Waals surface area (Å²) in [6.45, 7) is 7.91. The third kappa shape index (κ3) is 6.35. The Morgan fingerprint density at radius 1 is 1.29 bits per heavy atom. The molecule has 0 spiro atoms. The normalized spacial score (nSPS) is 15.4. The molecule has 3 nitrogen and oxygen atoms in total. The van der Waals surface area contributed by atoms with Crippen LogP contribution in [-0.2, 0) is 4.74 Å². The Kier molecular flexibility index (Phi) is 8.14. The molecule has 0 saturated heterocycles. The summed E-state index contributed by atoms with van der Waals surface area (Å²) in [5.74, 6) is 0. The lowest BCUT2D eigenvalue weighted by Crippen LogP contribution is -2.46. The van der Waals surface area contributed by atoms with Crippen molar-refractivity contribution in [3.05, 3.63) is 0 Å². The van der Waals surface area contributed by atoms with E-state index >= 15 is 0 Å². The third-order valence-electron chi connectivity index (χ3n) is 2.26. The summed E-state index contributed by atoms with van der Waals surface area (Å²) in [6.07, 6.45) is 4.32. The van der Waals surface area contributed by atoms with Crippen molar-refractivity contribution in [2.24, 2.45) is 0 Å². The third-order valence-corrected chi connectivity index (χ3v) is 2.26. The molecule has 0 aromatic carbocycles. The molecule has 86 valence electrons. The largest absolute Gasteiger partial charge is 0.395 e. The van der Waals surface area contributed by atoms with Gasteiger partial charge in [0.1, 0.15) is 5.72 Å². The molecule has 0 amide bonds. The number of nitrogens with one attached hydrogen (secondary N) is 1. The van der Waals surface area contributed by atoms with Gasteiger partial charge in [0.05, 0.1) is 6.61 Å². The quantitative estimate of drug-likeness (QED) is 0.444. The van der Waals surface area contributed by atoms with Crippen LogP contribution in [0.3, 0.4) is 0 Å². The van der Waals surface area contributed by atoms with Gasteiger partial charge >= 0.3 is 0 Å². The van der Waals surface area contributed by atoms with E-state index in [1.54, 1.807) is 0 Å². The van der Waals surface area contributed by atoms with Crippen LogP contribution in [0.25, 0.3) is 0 Å². The summed E-state index contributed by atoms with van der Waals surface area (Å²) in [7, 11) is 0. The zero-order valence-electron chi connectivity index (χ0n) is 9.81. The van der Waals surface area contributed by atoms with Crippen molar-refractivity contribution >= 4 is 0 Å². The second kappa shape index (κ2) is 8.21. The molecule has 1 atom stereocenters. The molecule has 0 aromatic heterocycles. The molecule has 0 bridgehead atoms. The highest BCUT2D eigenvalue weighted by Crippen LogP contribution is 2.14. The van der Waals surface area contributed by atoms with E-state index in [-0.39, 0.29) is 12.3 Å². The second-order valence-electron chi connectivity index (χ2n) is 3.83. The predicted octanol–water partition coefficient (Wildman–Crippen LogP) is 1.90. The molecular weight excluding hydrogens is 178 g/mol. The number of ether oxygens (including phenoxy) is 1. The first-order chi connectivity index (χ1) is 6.68. The molecule has 0 rings (SSSR count). The molecule has 0 saturated carbocycles. The van der Waals surface area contributed by atoms with Crippen molar-refractivity contribution in [2.45, 2.75) is 52.2 Å². The van der Waals surface area contributed by atoms with Crippen LogP contribution in [0.1, 0.15) is 46.5 Å². The van der Waals surface area contributed by atoms with E-state index in [1.165, 1.54) is 0 Å². The summed E-state index contributed by atoms with van der Waals surface area (Å²) in [5.41, 5.74) is -0.257. The smallest absolute Gasteiger partial charge is 0.116 e. The fraction of sp³-hybridized carbons (Fsp3) is 1.00. The first-order valence-corrected chi connectivity index (χ1v) is 5.68. The van der Waals surface area contributed by atoms with Gasteiger partial charge in [-0.05, 0) is 19.8 Å². The van der Waals surface area contributed by atoms with Crippen LogP contribution < -0.4 is 5.32 Å². The van der Waals surface area contributed by atoms with Crippen LogP contribution in [0.4, 0.5) is 0 Å². The van der Waals surface area contributed by atoms with Crippen molar-refractivity contribution in [3.63, 3.8) is 0 Å². The van der Waals surface area contributed by atoms with Gasteiger partial charge in [-0.1, -0.05) is 26.7 Å². The number of rotatable bonds is 9. The number of hydrogen-bond donors (Lipinski definition) is 2. The Morgan fingerprint density at radius 3 is 2.50 bits per heavy atom. The monoisotopic (exact) mass is 203 g/mol. The van der Waals surface area contributed by atoms with Gasteiger partial charge in [-0.15, -0.1) is 0 Å². The molecule has 0 fully saturated rings. The molecule has 0 aliphatic rings. The van der Waals surface area contributed by atoms with Gasteiger partial charge < -0.3 is 9.84 Å². The van der Waals surface area contributed by atoms with Crippen LogP contribution in [-0.4, -0.2) is 30.6 Å². The van der Waals surface area contributed by atoms with Crippen LogP contribution in [0.15, 0.2) is 0 Å². The summed E-state index contributed by atoms with van der Waals surface area (Å²) in [5, 5.41) is 12.0. The van der Waals surface area contributed by atoms with Crippen molar-refractivity contribution in [3.8, 4) is 0 Å². The van der Waals surface area contributed by atoms with Crippen molar-refractivity contribution in [1.82, 2.24) is 5.32 Å². The van der Waals surface area contributed by atoms with E-state index in [2.05, 4.69) is 26.1 Å². The first-order valence-electron chi connectivity index (χ1n) is 5.68. The van der Waals surface area contributed by atoms with E-state index in [0.29, 0.717) is 6.54 Å². The molecule has 0 heterocycles. The number of aliphatic hydroxyl groups excluding tert-OH is 1. The zero-order chi connectivity index (χ0) is 10.9. The van der Waals surface area contributed by atoms with Gasteiger partial charge in [0.2, 0.25) is 0 Å². The average molecular weight is 203 g/mol. The Balaban J connectivity index is 3.82. The van der Waals surface area contributed by atoms with E-state index in [9.17, 15) is 0 Å². The lowest BCUT2D eigenvalue weighted by molar-refractivity contribution is -0.0659. The van der Waals surface area contributed by atoms with E-state index < -0.39 is 0 Å². The standard InChI is InChI=1S/C11H25NO2/c1-4-6-10-14-11(3,7-5-2)12-8-9-13/h12-13H,4-10H2,1-3H3. The van der Waals surface area contributed by atoms with Gasteiger partial charge in [-0.25, -0.2) is 0 Å². The molecule has 0 aliphatic heterocycles. The molecule has 0 aromatic rings. The number of aliphatic hydroxyl groups is 1. The Hall–Kier alpha value is -0.120. The molecule has 1 unspecified atom stereocenters. The average Bonchev–Trinajstić information content (AvgIpc) is 2.16. The fourth-order valence-corrected chi connectivity index (χ4v) is 1.45. The molecular formula is C11H25NO2. The minimum atomic E-state index is -0.257. The maximum absolute atomic E-state index is 8.75. The summed E-state index contributed by atoms with van der Waals surface area (Å²) in [4.78, 5) is 0. The van der Waals surface area contributed by atoms with E-state index in [1.807, 2.05) is 0 Å². The Labute approximate surface area is 87.8 Å². The lowest BCUT2D eigenvalue weighted by atomic mass is 10.1. The summed E-state index contributed by atoms with van der Waals surface area (Å²) >= 11 is 0. The molecule has 0 aliphatic carbocycles. The Morgan fingerprint density at radius 2 is 2.00 bits per heavy atom. The summed E-state index contributed by atoms with van der Waals surface area (Å²) < 4.78 is 5.79. The number of unbranched alkanes of at least 4 members (excludes halogenated alkanes) is 1. The van der Waals surface area contributed by atoms with Gasteiger partial charge in [0, 0.05) is 13.2 Å². The van der Waals surface area contributed by atoms with E-state index in [0.717, 1.165) is 32.3 Å².